The Morgan fingerprint density at radius 2 is 2.05 bits per heavy atom. The SMILES string of the molecule is CCCNCc1cc(NCCOC)nc2ccccc12. The van der Waals surface area contributed by atoms with Crippen LogP contribution in [0.2, 0.25) is 0 Å². The first-order valence-electron chi connectivity index (χ1n) is 7.17. The number of anilines is 1. The molecule has 1 heterocycles. The molecule has 0 saturated carbocycles. The highest BCUT2D eigenvalue weighted by molar-refractivity contribution is 5.84. The first-order chi connectivity index (χ1) is 9.85. The predicted molar refractivity (Wildman–Crippen MR) is 84.1 cm³/mol. The molecule has 0 amide bonds. The number of hydrogen-bond donors (Lipinski definition) is 2. The van der Waals surface area contributed by atoms with Gasteiger partial charge in [0.05, 0.1) is 12.1 Å². The predicted octanol–water partition coefficient (Wildman–Crippen LogP) is 2.79. The molecule has 0 aliphatic heterocycles. The van der Waals surface area contributed by atoms with Crippen LogP contribution < -0.4 is 10.6 Å². The van der Waals surface area contributed by atoms with Gasteiger partial charge in [0, 0.05) is 25.6 Å². The topological polar surface area (TPSA) is 46.2 Å². The van der Waals surface area contributed by atoms with Crippen molar-refractivity contribution in [2.45, 2.75) is 19.9 Å². The van der Waals surface area contributed by atoms with Crippen molar-refractivity contribution >= 4 is 16.7 Å². The lowest BCUT2D eigenvalue weighted by atomic mass is 10.1. The largest absolute Gasteiger partial charge is 0.383 e. The maximum Gasteiger partial charge on any atom is 0.127 e. The third-order valence-corrected chi connectivity index (χ3v) is 3.16. The molecule has 0 aliphatic carbocycles. The molecule has 108 valence electrons. The van der Waals surface area contributed by atoms with Crippen LogP contribution in [0.4, 0.5) is 5.82 Å². The highest BCUT2D eigenvalue weighted by Gasteiger charge is 2.05. The monoisotopic (exact) mass is 273 g/mol. The van der Waals surface area contributed by atoms with Crippen LogP contribution in [0, 0.1) is 0 Å². The summed E-state index contributed by atoms with van der Waals surface area (Å²) in [5.41, 5.74) is 2.31. The zero-order valence-corrected chi connectivity index (χ0v) is 12.3. The Hall–Kier alpha value is -1.65. The van der Waals surface area contributed by atoms with E-state index in [0.717, 1.165) is 37.4 Å². The maximum atomic E-state index is 5.06. The lowest BCUT2D eigenvalue weighted by Gasteiger charge is -2.11. The van der Waals surface area contributed by atoms with Crippen molar-refractivity contribution in [2.75, 3.05) is 32.1 Å². The summed E-state index contributed by atoms with van der Waals surface area (Å²) in [7, 11) is 1.70. The van der Waals surface area contributed by atoms with E-state index in [1.165, 1.54) is 10.9 Å². The quantitative estimate of drug-likeness (QED) is 0.726. The Morgan fingerprint density at radius 1 is 1.20 bits per heavy atom. The van der Waals surface area contributed by atoms with E-state index in [-0.39, 0.29) is 0 Å². The Balaban J connectivity index is 2.21. The molecule has 2 rings (SSSR count). The van der Waals surface area contributed by atoms with Gasteiger partial charge in [-0.25, -0.2) is 4.98 Å². The molecule has 2 aromatic rings. The standard InChI is InChI=1S/C16H23N3O/c1-3-8-17-12-13-11-16(18-9-10-20-2)19-15-7-5-4-6-14(13)15/h4-7,11,17H,3,8-10,12H2,1-2H3,(H,18,19). The van der Waals surface area contributed by atoms with Crippen molar-refractivity contribution in [1.82, 2.24) is 10.3 Å². The lowest BCUT2D eigenvalue weighted by molar-refractivity contribution is 0.210. The fourth-order valence-electron chi connectivity index (χ4n) is 2.17. The number of methoxy groups -OCH3 is 1. The van der Waals surface area contributed by atoms with Crippen molar-refractivity contribution in [3.05, 3.63) is 35.9 Å². The molecule has 0 aliphatic rings. The molecule has 0 atom stereocenters. The van der Waals surface area contributed by atoms with Crippen LogP contribution in [0.3, 0.4) is 0 Å². The van der Waals surface area contributed by atoms with Gasteiger partial charge in [-0.1, -0.05) is 25.1 Å². The molecule has 1 aromatic carbocycles. The average Bonchev–Trinajstić information content (AvgIpc) is 2.48. The average molecular weight is 273 g/mol. The summed E-state index contributed by atoms with van der Waals surface area (Å²) in [5, 5.41) is 7.98. The van der Waals surface area contributed by atoms with E-state index in [0.29, 0.717) is 6.61 Å². The number of rotatable bonds is 8. The molecule has 0 radical (unpaired) electrons. The van der Waals surface area contributed by atoms with Crippen LogP contribution in [-0.2, 0) is 11.3 Å². The Bertz CT molecular complexity index is 542. The van der Waals surface area contributed by atoms with Gasteiger partial charge in [-0.3, -0.25) is 0 Å². The van der Waals surface area contributed by atoms with Crippen molar-refractivity contribution in [3.63, 3.8) is 0 Å². The molecule has 20 heavy (non-hydrogen) atoms. The summed E-state index contributed by atoms with van der Waals surface area (Å²) in [4.78, 5) is 4.64. The summed E-state index contributed by atoms with van der Waals surface area (Å²) in [6.45, 7) is 5.52. The number of hydrogen-bond acceptors (Lipinski definition) is 4. The minimum Gasteiger partial charge on any atom is -0.383 e. The smallest absolute Gasteiger partial charge is 0.127 e. The van der Waals surface area contributed by atoms with E-state index in [1.807, 2.05) is 6.07 Å². The van der Waals surface area contributed by atoms with E-state index < -0.39 is 0 Å². The van der Waals surface area contributed by atoms with Crippen molar-refractivity contribution in [2.24, 2.45) is 0 Å². The number of aromatic nitrogens is 1. The maximum absolute atomic E-state index is 5.06. The number of pyridine rings is 1. The zero-order valence-electron chi connectivity index (χ0n) is 12.3. The fourth-order valence-corrected chi connectivity index (χ4v) is 2.17. The van der Waals surface area contributed by atoms with E-state index >= 15 is 0 Å². The molecular formula is C16H23N3O. The summed E-state index contributed by atoms with van der Waals surface area (Å²) >= 11 is 0. The Labute approximate surface area is 120 Å². The second-order valence-electron chi connectivity index (χ2n) is 4.78. The number of nitrogens with zero attached hydrogens (tertiary/aromatic N) is 1. The number of ether oxygens (including phenoxy) is 1. The van der Waals surface area contributed by atoms with Gasteiger partial charge < -0.3 is 15.4 Å². The Kier molecular flexibility index (Phi) is 5.77. The summed E-state index contributed by atoms with van der Waals surface area (Å²) in [6, 6.07) is 10.4. The van der Waals surface area contributed by atoms with Crippen molar-refractivity contribution in [1.29, 1.82) is 0 Å². The van der Waals surface area contributed by atoms with E-state index in [1.54, 1.807) is 7.11 Å². The van der Waals surface area contributed by atoms with Gasteiger partial charge in [0.15, 0.2) is 0 Å². The van der Waals surface area contributed by atoms with Gasteiger partial charge in [-0.2, -0.15) is 0 Å². The number of benzene rings is 1. The van der Waals surface area contributed by atoms with E-state index in [4.69, 9.17) is 4.74 Å². The molecule has 0 saturated heterocycles. The van der Waals surface area contributed by atoms with E-state index in [9.17, 15) is 0 Å². The van der Waals surface area contributed by atoms with Crippen LogP contribution in [0.1, 0.15) is 18.9 Å². The van der Waals surface area contributed by atoms with Gasteiger partial charge in [-0.15, -0.1) is 0 Å². The van der Waals surface area contributed by atoms with Crippen LogP contribution in [-0.4, -0.2) is 31.8 Å². The van der Waals surface area contributed by atoms with Gasteiger partial charge in [0.25, 0.3) is 0 Å². The third kappa shape index (κ3) is 3.92. The first kappa shape index (κ1) is 14.8. The Morgan fingerprint density at radius 3 is 2.85 bits per heavy atom. The summed E-state index contributed by atoms with van der Waals surface area (Å²) < 4.78 is 5.06. The third-order valence-electron chi connectivity index (χ3n) is 3.16. The minimum absolute atomic E-state index is 0.678. The molecule has 4 nitrogen and oxygen atoms in total. The zero-order chi connectivity index (χ0) is 14.2. The highest BCUT2D eigenvalue weighted by atomic mass is 16.5. The van der Waals surface area contributed by atoms with Crippen LogP contribution in [0.25, 0.3) is 10.9 Å². The molecule has 0 spiro atoms. The van der Waals surface area contributed by atoms with Crippen LogP contribution >= 0.6 is 0 Å². The number of nitrogens with one attached hydrogen (secondary N) is 2. The molecule has 2 N–H and O–H groups in total. The fraction of sp³-hybridized carbons (Fsp3) is 0.438. The highest BCUT2D eigenvalue weighted by Crippen LogP contribution is 2.20. The first-order valence-corrected chi connectivity index (χ1v) is 7.17. The molecule has 1 aromatic heterocycles. The number of fused-ring (bicyclic) bond motifs is 1. The van der Waals surface area contributed by atoms with Gasteiger partial charge in [0.2, 0.25) is 0 Å². The minimum atomic E-state index is 0.678. The van der Waals surface area contributed by atoms with Gasteiger partial charge in [-0.05, 0) is 30.7 Å². The normalized spacial score (nSPS) is 10.9. The molecule has 0 bridgehead atoms. The second-order valence-corrected chi connectivity index (χ2v) is 4.78. The molecular weight excluding hydrogens is 250 g/mol. The lowest BCUT2D eigenvalue weighted by Crippen LogP contribution is -2.15. The van der Waals surface area contributed by atoms with Crippen molar-refractivity contribution < 1.29 is 4.74 Å². The molecule has 0 unspecified atom stereocenters. The van der Waals surface area contributed by atoms with Gasteiger partial charge >= 0.3 is 0 Å². The molecule has 4 heteroatoms. The number of para-hydroxylation sites is 1. The van der Waals surface area contributed by atoms with E-state index in [2.05, 4.69) is 46.8 Å². The van der Waals surface area contributed by atoms with Crippen molar-refractivity contribution in [3.8, 4) is 0 Å². The van der Waals surface area contributed by atoms with Gasteiger partial charge in [0.1, 0.15) is 5.82 Å². The van der Waals surface area contributed by atoms with Crippen LogP contribution in [0.15, 0.2) is 30.3 Å². The summed E-state index contributed by atoms with van der Waals surface area (Å²) in [5.74, 6) is 0.911. The summed E-state index contributed by atoms with van der Waals surface area (Å²) in [6.07, 6.45) is 1.14. The second kappa shape index (κ2) is 7.82. The van der Waals surface area contributed by atoms with Crippen LogP contribution in [0.5, 0.6) is 0 Å². The molecule has 0 fully saturated rings.